The molecular formula is C13H19F3N2O2S. The number of sulfonamides is 1. The summed E-state index contributed by atoms with van der Waals surface area (Å²) in [6.07, 6.45) is -5.55. The number of hydrogen-bond acceptors (Lipinski definition) is 3. The second-order valence-electron chi connectivity index (χ2n) is 4.76. The highest BCUT2D eigenvalue weighted by molar-refractivity contribution is 7.89. The molecule has 0 heterocycles. The normalized spacial score (nSPS) is 12.9. The molecule has 1 aromatic rings. The Labute approximate surface area is 123 Å². The number of halogens is 3. The van der Waals surface area contributed by atoms with Gasteiger partial charge in [-0.15, -0.1) is 0 Å². The van der Waals surface area contributed by atoms with Gasteiger partial charge in [-0.25, -0.2) is 12.7 Å². The van der Waals surface area contributed by atoms with Crippen molar-refractivity contribution in [2.45, 2.75) is 31.0 Å². The molecule has 1 N–H and O–H groups in total. The van der Waals surface area contributed by atoms with Gasteiger partial charge in [-0.2, -0.15) is 13.2 Å². The van der Waals surface area contributed by atoms with Crippen molar-refractivity contribution in [2.24, 2.45) is 0 Å². The Morgan fingerprint density at radius 1 is 1.29 bits per heavy atom. The van der Waals surface area contributed by atoms with E-state index in [-0.39, 0.29) is 4.90 Å². The van der Waals surface area contributed by atoms with Gasteiger partial charge < -0.3 is 5.32 Å². The maximum Gasteiger partial charge on any atom is 0.390 e. The molecule has 0 aliphatic carbocycles. The second kappa shape index (κ2) is 6.76. The Morgan fingerprint density at radius 2 is 1.90 bits per heavy atom. The Hall–Kier alpha value is -1.12. The summed E-state index contributed by atoms with van der Waals surface area (Å²) in [5, 5.41) is 2.92. The first-order chi connectivity index (χ1) is 9.59. The summed E-state index contributed by atoms with van der Waals surface area (Å²) in [5.41, 5.74) is 1.34. The zero-order chi connectivity index (χ0) is 16.3. The van der Waals surface area contributed by atoms with Crippen molar-refractivity contribution < 1.29 is 21.6 Å². The highest BCUT2D eigenvalue weighted by atomic mass is 32.2. The summed E-state index contributed by atoms with van der Waals surface area (Å²) in [5.74, 6) is 0. The van der Waals surface area contributed by atoms with E-state index in [1.165, 1.54) is 6.07 Å². The molecule has 0 aromatic heterocycles. The van der Waals surface area contributed by atoms with Gasteiger partial charge in [0.2, 0.25) is 10.0 Å². The van der Waals surface area contributed by atoms with E-state index in [1.54, 1.807) is 26.1 Å². The molecule has 0 unspecified atom stereocenters. The summed E-state index contributed by atoms with van der Waals surface area (Å²) in [6.45, 7) is 1.54. The predicted molar refractivity (Wildman–Crippen MR) is 74.4 cm³/mol. The lowest BCUT2D eigenvalue weighted by molar-refractivity contribution is -0.135. The fourth-order valence-electron chi connectivity index (χ4n) is 1.89. The smallest absolute Gasteiger partial charge is 0.316 e. The van der Waals surface area contributed by atoms with Crippen LogP contribution in [0.5, 0.6) is 0 Å². The van der Waals surface area contributed by atoms with Crippen molar-refractivity contribution in [3.63, 3.8) is 0 Å². The average molecular weight is 324 g/mol. The number of hydrogen-bond donors (Lipinski definition) is 1. The van der Waals surface area contributed by atoms with Crippen LogP contribution in [-0.4, -0.2) is 39.5 Å². The Balaban J connectivity index is 3.05. The van der Waals surface area contributed by atoms with E-state index in [4.69, 9.17) is 0 Å². The highest BCUT2D eigenvalue weighted by Gasteiger charge is 2.31. The summed E-state index contributed by atoms with van der Waals surface area (Å²) in [4.78, 5) is 0.0416. The molecule has 0 amide bonds. The molecule has 0 saturated heterocycles. The summed E-state index contributed by atoms with van der Waals surface area (Å²) >= 11 is 0. The van der Waals surface area contributed by atoms with E-state index in [0.29, 0.717) is 12.1 Å². The fraction of sp³-hybridized carbons (Fsp3) is 0.538. The van der Waals surface area contributed by atoms with Gasteiger partial charge in [-0.1, -0.05) is 12.1 Å². The molecular weight excluding hydrogens is 305 g/mol. The van der Waals surface area contributed by atoms with Crippen molar-refractivity contribution in [2.75, 3.05) is 20.6 Å². The topological polar surface area (TPSA) is 49.4 Å². The van der Waals surface area contributed by atoms with E-state index in [2.05, 4.69) is 5.32 Å². The molecule has 8 heteroatoms. The van der Waals surface area contributed by atoms with Gasteiger partial charge in [-0.05, 0) is 31.2 Å². The third kappa shape index (κ3) is 4.69. The van der Waals surface area contributed by atoms with E-state index < -0.39 is 29.2 Å². The van der Waals surface area contributed by atoms with Crippen LogP contribution in [0.2, 0.25) is 0 Å². The fourth-order valence-corrected chi connectivity index (χ4v) is 3.33. The van der Waals surface area contributed by atoms with Crippen LogP contribution in [0, 0.1) is 6.92 Å². The monoisotopic (exact) mass is 324 g/mol. The quantitative estimate of drug-likeness (QED) is 0.873. The standard InChI is InChI=1S/C13H19F3N2O2S/c1-10-11(9-17-2)5-4-6-12(10)21(19,20)18(3)8-7-13(14,15)16/h4-6,17H,7-9H2,1-3H3. The highest BCUT2D eigenvalue weighted by Crippen LogP contribution is 2.24. The first-order valence-electron chi connectivity index (χ1n) is 6.36. The van der Waals surface area contributed by atoms with Gasteiger partial charge in [0.25, 0.3) is 0 Å². The Morgan fingerprint density at radius 3 is 2.43 bits per heavy atom. The van der Waals surface area contributed by atoms with Gasteiger partial charge in [-0.3, -0.25) is 0 Å². The summed E-state index contributed by atoms with van der Waals surface area (Å²) in [6, 6.07) is 4.78. The number of alkyl halides is 3. The predicted octanol–water partition coefficient (Wildman–Crippen LogP) is 2.29. The van der Waals surface area contributed by atoms with E-state index in [0.717, 1.165) is 16.9 Å². The lowest BCUT2D eigenvalue weighted by atomic mass is 10.1. The Bertz CT molecular complexity index is 586. The molecule has 0 radical (unpaired) electrons. The van der Waals surface area contributed by atoms with Crippen molar-refractivity contribution in [1.29, 1.82) is 0 Å². The molecule has 0 bridgehead atoms. The van der Waals surface area contributed by atoms with Gasteiger partial charge in [0, 0.05) is 20.1 Å². The third-order valence-corrected chi connectivity index (χ3v) is 5.16. The number of benzene rings is 1. The third-order valence-electron chi connectivity index (χ3n) is 3.16. The minimum atomic E-state index is -4.38. The molecule has 1 aromatic carbocycles. The summed E-state index contributed by atoms with van der Waals surface area (Å²) in [7, 11) is -1.04. The van der Waals surface area contributed by atoms with Crippen LogP contribution in [0.25, 0.3) is 0 Å². The SMILES string of the molecule is CNCc1cccc(S(=O)(=O)N(C)CCC(F)(F)F)c1C. The maximum absolute atomic E-state index is 12.4. The second-order valence-corrected chi connectivity index (χ2v) is 6.78. The maximum atomic E-state index is 12.4. The van der Waals surface area contributed by atoms with E-state index >= 15 is 0 Å². The van der Waals surface area contributed by atoms with Crippen molar-refractivity contribution in [3.05, 3.63) is 29.3 Å². The summed E-state index contributed by atoms with van der Waals surface area (Å²) < 4.78 is 62.1. The van der Waals surface area contributed by atoms with Crippen LogP contribution in [-0.2, 0) is 16.6 Å². The van der Waals surface area contributed by atoms with Crippen LogP contribution in [0.15, 0.2) is 23.1 Å². The molecule has 0 saturated carbocycles. The first-order valence-corrected chi connectivity index (χ1v) is 7.80. The van der Waals surface area contributed by atoms with Gasteiger partial charge in [0.05, 0.1) is 11.3 Å². The lowest BCUT2D eigenvalue weighted by Gasteiger charge is -2.20. The molecule has 21 heavy (non-hydrogen) atoms. The largest absolute Gasteiger partial charge is 0.390 e. The first kappa shape index (κ1) is 17.9. The minimum Gasteiger partial charge on any atom is -0.316 e. The molecule has 1 rings (SSSR count). The molecule has 0 aliphatic heterocycles. The lowest BCUT2D eigenvalue weighted by Crippen LogP contribution is -2.31. The van der Waals surface area contributed by atoms with Crippen LogP contribution in [0.3, 0.4) is 0 Å². The van der Waals surface area contributed by atoms with E-state index in [1.807, 2.05) is 0 Å². The van der Waals surface area contributed by atoms with Crippen molar-refractivity contribution in [3.8, 4) is 0 Å². The van der Waals surface area contributed by atoms with E-state index in [9.17, 15) is 21.6 Å². The molecule has 4 nitrogen and oxygen atoms in total. The minimum absolute atomic E-state index is 0.0416. The van der Waals surface area contributed by atoms with Crippen molar-refractivity contribution in [1.82, 2.24) is 9.62 Å². The molecule has 0 spiro atoms. The average Bonchev–Trinajstić information content (AvgIpc) is 2.37. The molecule has 0 aliphatic rings. The molecule has 120 valence electrons. The zero-order valence-electron chi connectivity index (χ0n) is 12.2. The van der Waals surface area contributed by atoms with Crippen LogP contribution >= 0.6 is 0 Å². The molecule has 0 atom stereocenters. The number of nitrogens with one attached hydrogen (secondary N) is 1. The van der Waals surface area contributed by atoms with Gasteiger partial charge in [0.15, 0.2) is 0 Å². The van der Waals surface area contributed by atoms with Gasteiger partial charge in [0.1, 0.15) is 0 Å². The van der Waals surface area contributed by atoms with Gasteiger partial charge >= 0.3 is 6.18 Å². The number of nitrogens with zero attached hydrogens (tertiary/aromatic N) is 1. The van der Waals surface area contributed by atoms with Crippen LogP contribution < -0.4 is 5.32 Å². The zero-order valence-corrected chi connectivity index (χ0v) is 13.0. The van der Waals surface area contributed by atoms with Crippen LogP contribution in [0.1, 0.15) is 17.5 Å². The Kier molecular flexibility index (Phi) is 5.77. The van der Waals surface area contributed by atoms with Crippen LogP contribution in [0.4, 0.5) is 13.2 Å². The number of rotatable bonds is 6. The van der Waals surface area contributed by atoms with Crippen molar-refractivity contribution >= 4 is 10.0 Å². The molecule has 0 fully saturated rings.